The van der Waals surface area contributed by atoms with Gasteiger partial charge in [0.05, 0.1) is 16.0 Å². The van der Waals surface area contributed by atoms with Crippen molar-refractivity contribution in [2.45, 2.75) is 12.5 Å². The van der Waals surface area contributed by atoms with Gasteiger partial charge in [-0.05, 0) is 56.1 Å². The standard InChI is InChI=1S/C34H35Cl2N5O5/c1-39(2)15-14-37-32(43)24-6-3-4-9-28(24)40-16-18-41(19-17-40)34(45)27(20-22-10-12-23(35)13-11-22)38-33(44)30-21-29(42)25-7-5-8-26(36)31(25)46-30/h3-13,21,27H,14-20H2,1-2H3,(H,37,43)(H,38,44)/t27-/m1/s1. The second-order valence-corrected chi connectivity index (χ2v) is 12.2. The number of rotatable bonds is 10. The lowest BCUT2D eigenvalue weighted by Crippen LogP contribution is -2.55. The predicted octanol–water partition coefficient (Wildman–Crippen LogP) is 4.08. The lowest BCUT2D eigenvalue weighted by molar-refractivity contribution is -0.133. The van der Waals surface area contributed by atoms with Crippen molar-refractivity contribution in [3.8, 4) is 0 Å². The maximum Gasteiger partial charge on any atom is 0.287 e. The number of carbonyl (C=O) groups excluding carboxylic acids is 3. The monoisotopic (exact) mass is 663 g/mol. The largest absolute Gasteiger partial charge is 0.449 e. The number of fused-ring (bicyclic) bond motifs is 1. The summed E-state index contributed by atoms with van der Waals surface area (Å²) in [5.74, 6) is -1.38. The Labute approximate surface area is 276 Å². The third kappa shape index (κ3) is 7.88. The summed E-state index contributed by atoms with van der Waals surface area (Å²) in [6, 6.07) is 19.4. The average Bonchev–Trinajstić information content (AvgIpc) is 3.05. The zero-order valence-electron chi connectivity index (χ0n) is 25.6. The van der Waals surface area contributed by atoms with E-state index in [2.05, 4.69) is 15.5 Å². The quantitative estimate of drug-likeness (QED) is 0.263. The third-order valence-electron chi connectivity index (χ3n) is 7.81. The Bertz CT molecular complexity index is 1790. The highest BCUT2D eigenvalue weighted by atomic mass is 35.5. The Kier molecular flexibility index (Phi) is 10.6. The van der Waals surface area contributed by atoms with E-state index >= 15 is 0 Å². The number of amides is 3. The van der Waals surface area contributed by atoms with Gasteiger partial charge in [-0.2, -0.15) is 0 Å². The number of benzene rings is 3. The van der Waals surface area contributed by atoms with Crippen LogP contribution in [-0.4, -0.2) is 86.9 Å². The zero-order valence-corrected chi connectivity index (χ0v) is 27.1. The molecule has 3 amide bonds. The molecule has 10 nitrogen and oxygen atoms in total. The van der Waals surface area contributed by atoms with Crippen LogP contribution in [0.1, 0.15) is 26.5 Å². The summed E-state index contributed by atoms with van der Waals surface area (Å²) < 4.78 is 5.73. The van der Waals surface area contributed by atoms with Gasteiger partial charge in [-0.3, -0.25) is 19.2 Å². The van der Waals surface area contributed by atoms with Gasteiger partial charge in [-0.25, -0.2) is 0 Å². The highest BCUT2D eigenvalue weighted by Crippen LogP contribution is 2.24. The summed E-state index contributed by atoms with van der Waals surface area (Å²) >= 11 is 12.3. The first-order chi connectivity index (χ1) is 22.1. The molecule has 1 aromatic heterocycles. The molecule has 1 saturated heterocycles. The molecule has 2 heterocycles. The Morgan fingerprint density at radius 1 is 0.913 bits per heavy atom. The van der Waals surface area contributed by atoms with E-state index in [1.807, 2.05) is 37.2 Å². The predicted molar refractivity (Wildman–Crippen MR) is 180 cm³/mol. The van der Waals surface area contributed by atoms with E-state index in [0.717, 1.165) is 23.9 Å². The lowest BCUT2D eigenvalue weighted by atomic mass is 10.0. The van der Waals surface area contributed by atoms with Gasteiger partial charge in [-0.1, -0.05) is 53.5 Å². The summed E-state index contributed by atoms with van der Waals surface area (Å²) in [4.78, 5) is 58.8. The van der Waals surface area contributed by atoms with Crippen LogP contribution in [0.2, 0.25) is 10.0 Å². The first-order valence-corrected chi connectivity index (χ1v) is 15.7. The number of para-hydroxylation sites is 2. The van der Waals surface area contributed by atoms with Gasteiger partial charge < -0.3 is 29.8 Å². The molecule has 1 aliphatic heterocycles. The summed E-state index contributed by atoms with van der Waals surface area (Å²) in [6.45, 7) is 2.99. The number of carbonyl (C=O) groups is 3. The van der Waals surface area contributed by atoms with Gasteiger partial charge in [0.2, 0.25) is 5.91 Å². The Morgan fingerprint density at radius 3 is 2.35 bits per heavy atom. The van der Waals surface area contributed by atoms with Crippen molar-refractivity contribution in [1.82, 2.24) is 20.4 Å². The first-order valence-electron chi connectivity index (χ1n) is 14.9. The normalized spacial score (nSPS) is 13.9. The fraction of sp³-hybridized carbons (Fsp3) is 0.294. The van der Waals surface area contributed by atoms with E-state index in [1.165, 1.54) is 0 Å². The molecule has 46 heavy (non-hydrogen) atoms. The van der Waals surface area contributed by atoms with E-state index in [-0.39, 0.29) is 40.0 Å². The summed E-state index contributed by atoms with van der Waals surface area (Å²) in [6.07, 6.45) is 0.191. The summed E-state index contributed by atoms with van der Waals surface area (Å²) in [5.41, 5.74) is 1.85. The molecule has 0 spiro atoms. The van der Waals surface area contributed by atoms with Crippen LogP contribution in [0.5, 0.6) is 0 Å². The van der Waals surface area contributed by atoms with Crippen LogP contribution in [-0.2, 0) is 11.2 Å². The average molecular weight is 665 g/mol. The number of nitrogens with one attached hydrogen (secondary N) is 2. The minimum Gasteiger partial charge on any atom is -0.449 e. The van der Waals surface area contributed by atoms with Gasteiger partial charge in [0.1, 0.15) is 6.04 Å². The number of hydrogen-bond donors (Lipinski definition) is 2. The molecule has 0 bridgehead atoms. The van der Waals surface area contributed by atoms with E-state index in [0.29, 0.717) is 43.3 Å². The van der Waals surface area contributed by atoms with Crippen molar-refractivity contribution in [2.24, 2.45) is 0 Å². The number of nitrogens with zero attached hydrogens (tertiary/aromatic N) is 3. The van der Waals surface area contributed by atoms with Gasteiger partial charge in [0.15, 0.2) is 16.8 Å². The molecule has 4 aromatic rings. The Hall–Kier alpha value is -4.38. The van der Waals surface area contributed by atoms with Crippen LogP contribution in [0.3, 0.4) is 0 Å². The van der Waals surface area contributed by atoms with Crippen molar-refractivity contribution in [1.29, 1.82) is 0 Å². The third-order valence-corrected chi connectivity index (χ3v) is 8.36. The smallest absolute Gasteiger partial charge is 0.287 e. The fourth-order valence-electron chi connectivity index (χ4n) is 5.36. The topological polar surface area (TPSA) is 115 Å². The summed E-state index contributed by atoms with van der Waals surface area (Å²) in [5, 5.41) is 6.76. The number of halogens is 2. The van der Waals surface area contributed by atoms with E-state index in [4.69, 9.17) is 27.6 Å². The van der Waals surface area contributed by atoms with Crippen molar-refractivity contribution in [3.05, 3.63) is 110 Å². The van der Waals surface area contributed by atoms with Crippen molar-refractivity contribution >= 4 is 57.6 Å². The minimum atomic E-state index is -0.956. The number of likely N-dealkylation sites (N-methyl/N-ethyl adjacent to an activating group) is 1. The van der Waals surface area contributed by atoms with E-state index < -0.39 is 17.4 Å². The Balaban J connectivity index is 1.32. The molecule has 3 aromatic carbocycles. The molecule has 1 fully saturated rings. The van der Waals surface area contributed by atoms with E-state index in [9.17, 15) is 19.2 Å². The lowest BCUT2D eigenvalue weighted by Gasteiger charge is -2.38. The van der Waals surface area contributed by atoms with Gasteiger partial charge in [-0.15, -0.1) is 0 Å². The zero-order chi connectivity index (χ0) is 32.8. The van der Waals surface area contributed by atoms with Gasteiger partial charge >= 0.3 is 0 Å². The van der Waals surface area contributed by atoms with Crippen molar-refractivity contribution in [2.75, 3.05) is 58.3 Å². The second kappa shape index (κ2) is 14.8. The maximum absolute atomic E-state index is 13.9. The molecule has 12 heteroatoms. The number of hydrogen-bond acceptors (Lipinski definition) is 7. The van der Waals surface area contributed by atoms with Crippen LogP contribution >= 0.6 is 23.2 Å². The molecule has 5 rings (SSSR count). The number of anilines is 1. The molecule has 0 saturated carbocycles. The van der Waals surface area contributed by atoms with Crippen molar-refractivity contribution < 1.29 is 18.8 Å². The molecular weight excluding hydrogens is 629 g/mol. The first kappa shape index (κ1) is 33.0. The molecule has 0 aliphatic carbocycles. The Morgan fingerprint density at radius 2 is 1.63 bits per heavy atom. The molecule has 2 N–H and O–H groups in total. The van der Waals surface area contributed by atoms with Crippen LogP contribution in [0.25, 0.3) is 11.0 Å². The fourth-order valence-corrected chi connectivity index (χ4v) is 5.70. The highest BCUT2D eigenvalue weighted by molar-refractivity contribution is 6.34. The molecule has 240 valence electrons. The van der Waals surface area contributed by atoms with Crippen LogP contribution in [0, 0.1) is 0 Å². The minimum absolute atomic E-state index is 0.102. The molecule has 1 atom stereocenters. The van der Waals surface area contributed by atoms with Crippen molar-refractivity contribution in [3.63, 3.8) is 0 Å². The van der Waals surface area contributed by atoms with E-state index in [1.54, 1.807) is 53.4 Å². The molecule has 0 unspecified atom stereocenters. The van der Waals surface area contributed by atoms with Gasteiger partial charge in [0.25, 0.3) is 11.8 Å². The SMILES string of the molecule is CN(C)CCNC(=O)c1ccccc1N1CCN(C(=O)[C@@H](Cc2ccc(Cl)cc2)NC(=O)c2cc(=O)c3cccc(Cl)c3o2)CC1. The van der Waals surface area contributed by atoms with Crippen LogP contribution < -0.4 is 21.0 Å². The van der Waals surface area contributed by atoms with Gasteiger partial charge in [0, 0.05) is 62.5 Å². The highest BCUT2D eigenvalue weighted by Gasteiger charge is 2.31. The summed E-state index contributed by atoms with van der Waals surface area (Å²) in [7, 11) is 3.90. The molecule has 1 aliphatic rings. The van der Waals surface area contributed by atoms with Crippen LogP contribution in [0.15, 0.2) is 82.0 Å². The number of piperazine rings is 1. The molecular formula is C34H35Cl2N5O5. The second-order valence-electron chi connectivity index (χ2n) is 11.3. The van der Waals surface area contributed by atoms with Crippen LogP contribution in [0.4, 0.5) is 5.69 Å². The maximum atomic E-state index is 13.9. The molecule has 0 radical (unpaired) electrons.